The molecule has 0 aliphatic heterocycles. The van der Waals surface area contributed by atoms with Gasteiger partial charge in [-0.25, -0.2) is 0 Å². The van der Waals surface area contributed by atoms with Gasteiger partial charge in [0, 0.05) is 18.8 Å². The van der Waals surface area contributed by atoms with Crippen LogP contribution in [-0.4, -0.2) is 21.6 Å². The number of carbonyl (C=O) groups excluding carboxylic acids is 2. The van der Waals surface area contributed by atoms with E-state index >= 15 is 0 Å². The number of rotatable bonds is 3. The first-order valence-corrected chi connectivity index (χ1v) is 5.22. The molecule has 0 spiro atoms. The Labute approximate surface area is 103 Å². The van der Waals surface area contributed by atoms with Crippen molar-refractivity contribution in [3.05, 3.63) is 41.7 Å². The van der Waals surface area contributed by atoms with Crippen LogP contribution in [0.15, 0.2) is 30.6 Å². The van der Waals surface area contributed by atoms with Crippen LogP contribution >= 0.6 is 0 Å². The predicted molar refractivity (Wildman–Crippen MR) is 65.7 cm³/mol. The van der Waals surface area contributed by atoms with Gasteiger partial charge in [-0.1, -0.05) is 12.1 Å². The van der Waals surface area contributed by atoms with E-state index in [0.29, 0.717) is 11.1 Å². The number of carbonyl (C=O) groups is 2. The molecule has 6 heteroatoms. The molecule has 0 bridgehead atoms. The summed E-state index contributed by atoms with van der Waals surface area (Å²) in [6, 6.07) is 4.82. The second-order valence-electron chi connectivity index (χ2n) is 3.86. The Balaban J connectivity index is 2.71. The van der Waals surface area contributed by atoms with E-state index < -0.39 is 11.8 Å². The van der Waals surface area contributed by atoms with Gasteiger partial charge in [0.25, 0.3) is 0 Å². The maximum atomic E-state index is 11.5. The quantitative estimate of drug-likeness (QED) is 0.810. The summed E-state index contributed by atoms with van der Waals surface area (Å²) < 4.78 is 1.59. The maximum absolute atomic E-state index is 11.5. The molecule has 0 aliphatic carbocycles. The van der Waals surface area contributed by atoms with Crippen molar-refractivity contribution in [2.75, 3.05) is 0 Å². The van der Waals surface area contributed by atoms with E-state index in [2.05, 4.69) is 5.10 Å². The highest BCUT2D eigenvalue weighted by Crippen LogP contribution is 2.25. The molecule has 2 amide bonds. The third-order valence-corrected chi connectivity index (χ3v) is 2.59. The average Bonchev–Trinajstić information content (AvgIpc) is 2.74. The lowest BCUT2D eigenvalue weighted by Crippen LogP contribution is -2.21. The Hall–Kier alpha value is -2.63. The largest absolute Gasteiger partial charge is 0.366 e. The van der Waals surface area contributed by atoms with Crippen LogP contribution in [0.1, 0.15) is 20.7 Å². The number of aromatic nitrogens is 2. The van der Waals surface area contributed by atoms with E-state index in [9.17, 15) is 9.59 Å². The van der Waals surface area contributed by atoms with Crippen LogP contribution in [0.2, 0.25) is 0 Å². The fourth-order valence-corrected chi connectivity index (χ4v) is 1.82. The second-order valence-corrected chi connectivity index (χ2v) is 3.86. The molecule has 0 saturated heterocycles. The van der Waals surface area contributed by atoms with Crippen molar-refractivity contribution in [1.29, 1.82) is 0 Å². The lowest BCUT2D eigenvalue weighted by molar-refractivity contribution is 0.0968. The third-order valence-electron chi connectivity index (χ3n) is 2.59. The highest BCUT2D eigenvalue weighted by molar-refractivity contribution is 6.10. The van der Waals surface area contributed by atoms with E-state index in [1.807, 2.05) is 0 Å². The Morgan fingerprint density at radius 2 is 1.94 bits per heavy atom. The summed E-state index contributed by atoms with van der Waals surface area (Å²) in [5.41, 5.74) is 12.0. The van der Waals surface area contributed by atoms with Gasteiger partial charge in [0.1, 0.15) is 0 Å². The predicted octanol–water partition coefficient (Wildman–Crippen LogP) is 0.285. The summed E-state index contributed by atoms with van der Waals surface area (Å²) in [4.78, 5) is 22.8. The average molecular weight is 244 g/mol. The number of amides is 2. The monoisotopic (exact) mass is 244 g/mol. The molecule has 0 unspecified atom stereocenters. The normalized spacial score (nSPS) is 10.3. The Kier molecular flexibility index (Phi) is 2.85. The molecule has 1 aromatic heterocycles. The van der Waals surface area contributed by atoms with E-state index in [1.54, 1.807) is 36.3 Å². The molecular weight excluding hydrogens is 232 g/mol. The molecule has 1 aromatic carbocycles. The smallest absolute Gasteiger partial charge is 0.250 e. The second kappa shape index (κ2) is 4.33. The molecule has 2 rings (SSSR count). The molecule has 0 fully saturated rings. The Morgan fingerprint density at radius 3 is 2.44 bits per heavy atom. The number of hydrogen-bond donors (Lipinski definition) is 2. The molecule has 2 aromatic rings. The first kappa shape index (κ1) is 11.8. The van der Waals surface area contributed by atoms with Gasteiger partial charge in [0.05, 0.1) is 17.3 Å². The van der Waals surface area contributed by atoms with E-state index in [1.165, 1.54) is 6.07 Å². The summed E-state index contributed by atoms with van der Waals surface area (Å²) in [5, 5.41) is 4.02. The zero-order chi connectivity index (χ0) is 13.3. The van der Waals surface area contributed by atoms with E-state index in [0.717, 1.165) is 0 Å². The van der Waals surface area contributed by atoms with Crippen molar-refractivity contribution < 1.29 is 9.59 Å². The lowest BCUT2D eigenvalue weighted by Gasteiger charge is -2.08. The molecule has 0 atom stereocenters. The minimum atomic E-state index is -0.691. The third kappa shape index (κ3) is 1.95. The van der Waals surface area contributed by atoms with E-state index in [-0.39, 0.29) is 11.1 Å². The number of nitrogens with two attached hydrogens (primary N) is 2. The Morgan fingerprint density at radius 1 is 1.22 bits per heavy atom. The fourth-order valence-electron chi connectivity index (χ4n) is 1.82. The van der Waals surface area contributed by atoms with Gasteiger partial charge in [0.2, 0.25) is 11.8 Å². The maximum Gasteiger partial charge on any atom is 0.250 e. The zero-order valence-electron chi connectivity index (χ0n) is 9.75. The van der Waals surface area contributed by atoms with Crippen molar-refractivity contribution in [2.24, 2.45) is 18.5 Å². The summed E-state index contributed by atoms with van der Waals surface area (Å²) in [7, 11) is 1.76. The number of benzene rings is 1. The highest BCUT2D eigenvalue weighted by Gasteiger charge is 2.18. The van der Waals surface area contributed by atoms with Crippen LogP contribution in [0, 0.1) is 0 Å². The first-order valence-electron chi connectivity index (χ1n) is 5.22. The lowest BCUT2D eigenvalue weighted by atomic mass is 9.96. The van der Waals surface area contributed by atoms with Gasteiger partial charge >= 0.3 is 0 Å². The zero-order valence-corrected chi connectivity index (χ0v) is 9.75. The van der Waals surface area contributed by atoms with Crippen LogP contribution in [0.4, 0.5) is 0 Å². The van der Waals surface area contributed by atoms with Crippen molar-refractivity contribution in [2.45, 2.75) is 0 Å². The molecule has 92 valence electrons. The summed E-state index contributed by atoms with van der Waals surface area (Å²) >= 11 is 0. The molecule has 0 radical (unpaired) electrons. The fraction of sp³-hybridized carbons (Fsp3) is 0.0833. The van der Waals surface area contributed by atoms with Gasteiger partial charge < -0.3 is 11.5 Å². The van der Waals surface area contributed by atoms with Crippen LogP contribution in [0.5, 0.6) is 0 Å². The van der Waals surface area contributed by atoms with Gasteiger partial charge in [-0.2, -0.15) is 5.10 Å². The molecule has 1 heterocycles. The molecule has 18 heavy (non-hydrogen) atoms. The van der Waals surface area contributed by atoms with Gasteiger partial charge in [-0.15, -0.1) is 0 Å². The summed E-state index contributed by atoms with van der Waals surface area (Å²) in [6.07, 6.45) is 3.32. The van der Waals surface area contributed by atoms with Crippen molar-refractivity contribution in [3.63, 3.8) is 0 Å². The van der Waals surface area contributed by atoms with Crippen LogP contribution in [0.3, 0.4) is 0 Å². The van der Waals surface area contributed by atoms with Crippen LogP contribution in [0.25, 0.3) is 11.1 Å². The van der Waals surface area contributed by atoms with Crippen molar-refractivity contribution in [3.8, 4) is 11.1 Å². The summed E-state index contributed by atoms with van der Waals surface area (Å²) in [5.74, 6) is -1.38. The standard InChI is InChI=1S/C12H12N4O2/c1-16-6-7(5-15-16)8-3-2-4-9(11(13)17)10(8)12(14)18/h2-6H,1H3,(H2,13,17)(H2,14,18). The first-order chi connectivity index (χ1) is 8.50. The van der Waals surface area contributed by atoms with Crippen LogP contribution in [-0.2, 0) is 7.05 Å². The molecule has 6 nitrogen and oxygen atoms in total. The SMILES string of the molecule is Cn1cc(-c2cccc(C(N)=O)c2C(N)=O)cn1. The highest BCUT2D eigenvalue weighted by atomic mass is 16.2. The van der Waals surface area contributed by atoms with Crippen molar-refractivity contribution in [1.82, 2.24) is 9.78 Å². The molecule has 0 saturated carbocycles. The topological polar surface area (TPSA) is 104 Å². The van der Waals surface area contributed by atoms with Gasteiger partial charge in [-0.3, -0.25) is 14.3 Å². The minimum absolute atomic E-state index is 0.115. The van der Waals surface area contributed by atoms with Crippen molar-refractivity contribution >= 4 is 11.8 Å². The molecule has 4 N–H and O–H groups in total. The Bertz CT molecular complexity index is 631. The number of nitrogens with zero attached hydrogens (tertiary/aromatic N) is 2. The van der Waals surface area contributed by atoms with E-state index in [4.69, 9.17) is 11.5 Å². The minimum Gasteiger partial charge on any atom is -0.366 e. The summed E-state index contributed by atoms with van der Waals surface area (Å²) in [6.45, 7) is 0. The number of primary amides is 2. The number of hydrogen-bond acceptors (Lipinski definition) is 3. The van der Waals surface area contributed by atoms with Gasteiger partial charge in [-0.05, 0) is 11.6 Å². The number of aryl methyl sites for hydroxylation is 1. The van der Waals surface area contributed by atoms with Gasteiger partial charge in [0.15, 0.2) is 0 Å². The molecule has 0 aliphatic rings. The van der Waals surface area contributed by atoms with Crippen LogP contribution < -0.4 is 11.5 Å². The molecular formula is C12H12N4O2.